The van der Waals surface area contributed by atoms with Crippen LogP contribution in [0.2, 0.25) is 0 Å². The molecule has 2 saturated heterocycles. The molecule has 3 aromatic heterocycles. The summed E-state index contributed by atoms with van der Waals surface area (Å²) in [5, 5.41) is 15.3. The van der Waals surface area contributed by atoms with E-state index in [9.17, 15) is 26.9 Å². The summed E-state index contributed by atoms with van der Waals surface area (Å²) in [6.07, 6.45) is 2.48. The predicted octanol–water partition coefficient (Wildman–Crippen LogP) is 6.04. The van der Waals surface area contributed by atoms with E-state index in [4.69, 9.17) is 0 Å². The predicted molar refractivity (Wildman–Crippen MR) is 202 cm³/mol. The molecule has 7 rings (SSSR count). The van der Waals surface area contributed by atoms with Crippen molar-refractivity contribution < 1.29 is 21.6 Å². The van der Waals surface area contributed by atoms with Gasteiger partial charge in [-0.2, -0.15) is 31.2 Å². The zero-order valence-electron chi connectivity index (χ0n) is 30.3. The zero-order chi connectivity index (χ0) is 37.3. The summed E-state index contributed by atoms with van der Waals surface area (Å²) < 4.78 is 71.4. The second-order valence-electron chi connectivity index (χ2n) is 15.0. The molecule has 1 aromatic carbocycles. The van der Waals surface area contributed by atoms with Gasteiger partial charge >= 0.3 is 6.18 Å². The standard InChI is InChI=1S/C37H48F3N9O2S2/c1-25(47-13-15-48(16-14-47)53(50,51)44-21-27-5-3-4-6-27)22-49-30(20-41)17-32-26(2)28(7-8-34(32)49)23-46-11-9-29(10-12-46)45-35-33-18-31(19-37(38,39)40)52-36(33)43-24-42-35/h7-8,17-18,24-25,27,29,44H,3-6,9-16,19,21-23H2,1-2H3,(H,42,43,45). The minimum atomic E-state index is -4.27. The monoisotopic (exact) mass is 771 g/mol. The van der Waals surface area contributed by atoms with Crippen molar-refractivity contribution in [3.05, 3.63) is 52.3 Å². The van der Waals surface area contributed by atoms with Gasteiger partial charge in [-0.15, -0.1) is 11.3 Å². The molecular formula is C37H48F3N9O2S2. The van der Waals surface area contributed by atoms with E-state index in [2.05, 4.69) is 66.4 Å². The lowest BCUT2D eigenvalue weighted by molar-refractivity contribution is -0.126. The number of piperidine rings is 1. The number of nitriles is 1. The summed E-state index contributed by atoms with van der Waals surface area (Å²) in [5.74, 6) is 1.03. The number of aryl methyl sites for hydroxylation is 1. The second-order valence-corrected chi connectivity index (χ2v) is 17.8. The third-order valence-corrected chi connectivity index (χ3v) is 14.0. The van der Waals surface area contributed by atoms with Gasteiger partial charge in [0.05, 0.1) is 11.8 Å². The van der Waals surface area contributed by atoms with Gasteiger partial charge in [-0.1, -0.05) is 18.9 Å². The van der Waals surface area contributed by atoms with Crippen molar-refractivity contribution >= 4 is 48.5 Å². The maximum Gasteiger partial charge on any atom is 0.393 e. The van der Waals surface area contributed by atoms with Crippen molar-refractivity contribution in [2.75, 3.05) is 51.1 Å². The number of nitrogens with zero attached hydrogens (tertiary/aromatic N) is 7. The molecule has 53 heavy (non-hydrogen) atoms. The molecule has 2 N–H and O–H groups in total. The third kappa shape index (κ3) is 8.81. The molecule has 0 amide bonds. The highest BCUT2D eigenvalue weighted by atomic mass is 32.2. The molecule has 1 unspecified atom stereocenters. The lowest BCUT2D eigenvalue weighted by atomic mass is 10.0. The largest absolute Gasteiger partial charge is 0.393 e. The van der Waals surface area contributed by atoms with E-state index in [1.165, 1.54) is 24.7 Å². The fraction of sp³-hybridized carbons (Fsp3) is 0.595. The van der Waals surface area contributed by atoms with Gasteiger partial charge < -0.3 is 9.88 Å². The van der Waals surface area contributed by atoms with Gasteiger partial charge in [0.25, 0.3) is 10.2 Å². The SMILES string of the molecule is Cc1c(CN2CCC(Nc3ncnc4sc(CC(F)(F)F)cc34)CC2)ccc2c1cc(C#N)n2CC(C)N1CCN(S(=O)(=O)NCC2CCCC2)CC1. The van der Waals surface area contributed by atoms with E-state index in [0.717, 1.165) is 73.1 Å². The fourth-order valence-electron chi connectivity index (χ4n) is 8.25. The number of alkyl halides is 3. The second kappa shape index (κ2) is 15.8. The molecule has 1 saturated carbocycles. The number of anilines is 1. The Morgan fingerprint density at radius 2 is 1.75 bits per heavy atom. The fourth-order valence-corrected chi connectivity index (χ4v) is 10.5. The Morgan fingerprint density at radius 1 is 1.02 bits per heavy atom. The van der Waals surface area contributed by atoms with Crippen LogP contribution in [-0.2, 0) is 29.7 Å². The lowest BCUT2D eigenvalue weighted by Gasteiger charge is -2.37. The zero-order valence-corrected chi connectivity index (χ0v) is 32.0. The Morgan fingerprint density at radius 3 is 2.45 bits per heavy atom. The first-order chi connectivity index (χ1) is 25.4. The van der Waals surface area contributed by atoms with Crippen LogP contribution >= 0.6 is 11.3 Å². The first kappa shape index (κ1) is 38.0. The number of hydrogen-bond donors (Lipinski definition) is 2. The number of aromatic nitrogens is 3. The smallest absolute Gasteiger partial charge is 0.367 e. The van der Waals surface area contributed by atoms with Crippen molar-refractivity contribution in [1.82, 2.24) is 33.4 Å². The van der Waals surface area contributed by atoms with Crippen LogP contribution < -0.4 is 10.0 Å². The van der Waals surface area contributed by atoms with Crippen LogP contribution in [-0.4, -0.2) is 101 Å². The highest BCUT2D eigenvalue weighted by Crippen LogP contribution is 2.34. The molecule has 1 atom stereocenters. The Hall–Kier alpha value is -3.33. The van der Waals surface area contributed by atoms with Crippen molar-refractivity contribution in [3.63, 3.8) is 0 Å². The topological polar surface area (TPSA) is 122 Å². The van der Waals surface area contributed by atoms with Gasteiger partial charge in [0, 0.05) is 86.8 Å². The van der Waals surface area contributed by atoms with E-state index < -0.39 is 22.8 Å². The summed E-state index contributed by atoms with van der Waals surface area (Å²) in [6, 6.07) is 10.5. The molecule has 0 bridgehead atoms. The number of benzene rings is 1. The van der Waals surface area contributed by atoms with E-state index in [0.29, 0.717) is 66.9 Å². The average Bonchev–Trinajstić information content (AvgIpc) is 3.88. The third-order valence-electron chi connectivity index (χ3n) is 11.4. The van der Waals surface area contributed by atoms with Gasteiger partial charge in [0.2, 0.25) is 0 Å². The quantitative estimate of drug-likeness (QED) is 0.179. The molecule has 1 aliphatic carbocycles. The van der Waals surface area contributed by atoms with Gasteiger partial charge in [0.1, 0.15) is 28.7 Å². The number of halogens is 3. The molecule has 4 aromatic rings. The average molecular weight is 772 g/mol. The van der Waals surface area contributed by atoms with E-state index in [-0.39, 0.29) is 17.0 Å². The number of piperazine rings is 1. The van der Waals surface area contributed by atoms with E-state index in [1.54, 1.807) is 10.4 Å². The molecule has 16 heteroatoms. The molecule has 0 radical (unpaired) electrons. The summed E-state index contributed by atoms with van der Waals surface area (Å²) in [6.45, 7) is 10.1. The molecular weight excluding hydrogens is 724 g/mol. The normalized spacial score (nSPS) is 19.7. The Labute approximate surface area is 313 Å². The van der Waals surface area contributed by atoms with E-state index in [1.807, 2.05) is 6.07 Å². The van der Waals surface area contributed by atoms with Crippen molar-refractivity contribution in [2.24, 2.45) is 5.92 Å². The Balaban J connectivity index is 0.940. The van der Waals surface area contributed by atoms with E-state index >= 15 is 0 Å². The number of thiophene rings is 1. The lowest BCUT2D eigenvalue weighted by Crippen LogP contribution is -2.54. The first-order valence-electron chi connectivity index (χ1n) is 18.7. The summed E-state index contributed by atoms with van der Waals surface area (Å²) >= 11 is 1.06. The van der Waals surface area contributed by atoms with Gasteiger partial charge in [-0.05, 0) is 74.8 Å². The summed E-state index contributed by atoms with van der Waals surface area (Å²) in [7, 11) is -3.49. The van der Waals surface area contributed by atoms with Gasteiger partial charge in [-0.3, -0.25) is 9.80 Å². The van der Waals surface area contributed by atoms with Crippen LogP contribution in [0.1, 0.15) is 67.1 Å². The molecule has 5 heterocycles. The highest BCUT2D eigenvalue weighted by molar-refractivity contribution is 7.87. The number of nitrogens with one attached hydrogen (secondary N) is 2. The molecule has 11 nitrogen and oxygen atoms in total. The molecule has 286 valence electrons. The Kier molecular flexibility index (Phi) is 11.3. The maximum absolute atomic E-state index is 13.0. The first-order valence-corrected chi connectivity index (χ1v) is 20.9. The van der Waals surface area contributed by atoms with Crippen LogP contribution in [0.25, 0.3) is 21.1 Å². The van der Waals surface area contributed by atoms with Gasteiger partial charge in [0.15, 0.2) is 0 Å². The highest BCUT2D eigenvalue weighted by Gasteiger charge is 2.31. The Bertz CT molecular complexity index is 2050. The molecule has 3 aliphatic rings. The molecule has 3 fully saturated rings. The molecule has 0 spiro atoms. The van der Waals surface area contributed by atoms with Crippen molar-refractivity contribution in [2.45, 2.75) is 90.1 Å². The number of rotatable bonds is 12. The summed E-state index contributed by atoms with van der Waals surface area (Å²) in [4.78, 5) is 14.1. The van der Waals surface area contributed by atoms with Crippen LogP contribution in [0, 0.1) is 24.2 Å². The minimum absolute atomic E-state index is 0.115. The van der Waals surface area contributed by atoms with Crippen LogP contribution in [0.5, 0.6) is 0 Å². The minimum Gasteiger partial charge on any atom is -0.367 e. The van der Waals surface area contributed by atoms with Crippen molar-refractivity contribution in [1.29, 1.82) is 5.26 Å². The van der Waals surface area contributed by atoms with Crippen molar-refractivity contribution in [3.8, 4) is 6.07 Å². The number of likely N-dealkylation sites (tertiary alicyclic amines) is 1. The number of fused-ring (bicyclic) bond motifs is 2. The molecule has 2 aliphatic heterocycles. The van der Waals surface area contributed by atoms with Crippen LogP contribution in [0.15, 0.2) is 30.6 Å². The van der Waals surface area contributed by atoms with Gasteiger partial charge in [-0.25, -0.2) is 14.7 Å². The maximum atomic E-state index is 13.0. The number of hydrogen-bond acceptors (Lipinski definition) is 9. The summed E-state index contributed by atoms with van der Waals surface area (Å²) in [5.41, 5.74) is 4.01. The van der Waals surface area contributed by atoms with Crippen LogP contribution in [0.3, 0.4) is 0 Å². The van der Waals surface area contributed by atoms with Crippen LogP contribution in [0.4, 0.5) is 19.0 Å².